The molecule has 0 radical (unpaired) electrons. The molecule has 20 heavy (non-hydrogen) atoms. The van der Waals surface area contributed by atoms with Crippen molar-refractivity contribution < 1.29 is 17.6 Å². The van der Waals surface area contributed by atoms with Crippen LogP contribution in [0, 0.1) is 0 Å². The van der Waals surface area contributed by atoms with Crippen LogP contribution in [-0.2, 0) is 16.6 Å². The number of furan rings is 1. The SMILES string of the molecule is NCCOc1ccc(S(=O)(=O)NCc2ccco2)cc1. The van der Waals surface area contributed by atoms with Gasteiger partial charge in [-0.25, -0.2) is 13.1 Å². The summed E-state index contributed by atoms with van der Waals surface area (Å²) in [4.78, 5) is 0.171. The Kier molecular flexibility index (Phi) is 4.78. The Bertz CT molecular complexity index is 621. The number of hydrogen-bond donors (Lipinski definition) is 2. The fourth-order valence-corrected chi connectivity index (χ4v) is 2.55. The molecule has 0 saturated heterocycles. The number of rotatable bonds is 7. The Morgan fingerprint density at radius 1 is 1.20 bits per heavy atom. The van der Waals surface area contributed by atoms with Crippen molar-refractivity contribution in [2.75, 3.05) is 13.2 Å². The smallest absolute Gasteiger partial charge is 0.240 e. The lowest BCUT2D eigenvalue weighted by molar-refractivity contribution is 0.328. The monoisotopic (exact) mass is 296 g/mol. The highest BCUT2D eigenvalue weighted by molar-refractivity contribution is 7.89. The van der Waals surface area contributed by atoms with Gasteiger partial charge in [-0.3, -0.25) is 0 Å². The van der Waals surface area contributed by atoms with Gasteiger partial charge in [0.15, 0.2) is 0 Å². The average molecular weight is 296 g/mol. The van der Waals surface area contributed by atoms with Crippen LogP contribution in [0.2, 0.25) is 0 Å². The first-order valence-corrected chi connectivity index (χ1v) is 7.55. The van der Waals surface area contributed by atoms with Gasteiger partial charge in [-0.2, -0.15) is 0 Å². The van der Waals surface area contributed by atoms with Crippen molar-refractivity contribution in [2.24, 2.45) is 5.73 Å². The number of nitrogens with two attached hydrogens (primary N) is 1. The average Bonchev–Trinajstić information content (AvgIpc) is 2.97. The summed E-state index contributed by atoms with van der Waals surface area (Å²) in [7, 11) is -3.56. The zero-order valence-electron chi connectivity index (χ0n) is 10.8. The van der Waals surface area contributed by atoms with E-state index in [9.17, 15) is 8.42 Å². The first-order valence-electron chi connectivity index (χ1n) is 6.07. The van der Waals surface area contributed by atoms with Crippen LogP contribution in [0.1, 0.15) is 5.76 Å². The predicted octanol–water partition coefficient (Wildman–Crippen LogP) is 1.10. The van der Waals surface area contributed by atoms with Gasteiger partial charge < -0.3 is 14.9 Å². The maximum atomic E-state index is 12.0. The van der Waals surface area contributed by atoms with Crippen LogP contribution in [-0.4, -0.2) is 21.6 Å². The minimum atomic E-state index is -3.56. The minimum Gasteiger partial charge on any atom is -0.492 e. The molecule has 3 N–H and O–H groups in total. The summed E-state index contributed by atoms with van der Waals surface area (Å²) in [5.74, 6) is 1.14. The summed E-state index contributed by atoms with van der Waals surface area (Å²) in [5, 5.41) is 0. The van der Waals surface area contributed by atoms with E-state index in [0.717, 1.165) is 0 Å². The van der Waals surface area contributed by atoms with Gasteiger partial charge in [0.25, 0.3) is 0 Å². The van der Waals surface area contributed by atoms with Gasteiger partial charge in [0.1, 0.15) is 18.1 Å². The summed E-state index contributed by atoms with van der Waals surface area (Å²) < 4.78 is 36.9. The van der Waals surface area contributed by atoms with Gasteiger partial charge in [-0.15, -0.1) is 0 Å². The van der Waals surface area contributed by atoms with Crippen LogP contribution in [0.4, 0.5) is 0 Å². The molecule has 0 saturated carbocycles. The van der Waals surface area contributed by atoms with Crippen molar-refractivity contribution >= 4 is 10.0 Å². The lowest BCUT2D eigenvalue weighted by atomic mass is 10.3. The predicted molar refractivity (Wildman–Crippen MR) is 73.7 cm³/mol. The standard InChI is InChI=1S/C13H16N2O4S/c14-7-9-19-11-3-5-13(6-4-11)20(16,17)15-10-12-2-1-8-18-12/h1-6,8,15H,7,9-10,14H2. The number of benzene rings is 1. The van der Waals surface area contributed by atoms with Crippen molar-refractivity contribution in [3.8, 4) is 5.75 Å². The molecule has 1 aromatic heterocycles. The van der Waals surface area contributed by atoms with Gasteiger partial charge in [0.05, 0.1) is 17.7 Å². The fourth-order valence-electron chi connectivity index (χ4n) is 1.55. The van der Waals surface area contributed by atoms with Gasteiger partial charge >= 0.3 is 0 Å². The van der Waals surface area contributed by atoms with Gasteiger partial charge in [0.2, 0.25) is 10.0 Å². The lowest BCUT2D eigenvalue weighted by Gasteiger charge is -2.07. The molecule has 0 aliphatic carbocycles. The van der Waals surface area contributed by atoms with E-state index in [0.29, 0.717) is 24.7 Å². The molecule has 0 bridgehead atoms. The zero-order valence-corrected chi connectivity index (χ0v) is 11.6. The van der Waals surface area contributed by atoms with Crippen LogP contribution >= 0.6 is 0 Å². The summed E-state index contributed by atoms with van der Waals surface area (Å²) >= 11 is 0. The Balaban J connectivity index is 2.01. The van der Waals surface area contributed by atoms with Crippen molar-refractivity contribution in [1.82, 2.24) is 4.72 Å². The van der Waals surface area contributed by atoms with E-state index in [1.165, 1.54) is 18.4 Å². The maximum absolute atomic E-state index is 12.0. The zero-order chi connectivity index (χ0) is 14.4. The minimum absolute atomic E-state index is 0.112. The Morgan fingerprint density at radius 3 is 2.55 bits per heavy atom. The van der Waals surface area contributed by atoms with E-state index in [-0.39, 0.29) is 11.4 Å². The molecule has 108 valence electrons. The lowest BCUT2D eigenvalue weighted by Crippen LogP contribution is -2.22. The molecular weight excluding hydrogens is 280 g/mol. The number of nitrogens with one attached hydrogen (secondary N) is 1. The molecule has 7 heteroatoms. The normalized spacial score (nSPS) is 11.4. The molecule has 6 nitrogen and oxygen atoms in total. The largest absolute Gasteiger partial charge is 0.492 e. The van der Waals surface area contributed by atoms with Gasteiger partial charge in [0, 0.05) is 6.54 Å². The molecule has 2 aromatic rings. The van der Waals surface area contributed by atoms with Gasteiger partial charge in [-0.1, -0.05) is 0 Å². The van der Waals surface area contributed by atoms with Crippen molar-refractivity contribution in [1.29, 1.82) is 0 Å². The fraction of sp³-hybridized carbons (Fsp3) is 0.231. The topological polar surface area (TPSA) is 94.6 Å². The highest BCUT2D eigenvalue weighted by Gasteiger charge is 2.14. The first kappa shape index (κ1) is 14.6. The van der Waals surface area contributed by atoms with E-state index < -0.39 is 10.0 Å². The molecule has 1 heterocycles. The van der Waals surface area contributed by atoms with E-state index in [1.807, 2.05) is 0 Å². The third-order valence-corrected chi connectivity index (χ3v) is 3.95. The van der Waals surface area contributed by atoms with Gasteiger partial charge in [-0.05, 0) is 36.4 Å². The Labute approximate surface area is 117 Å². The highest BCUT2D eigenvalue weighted by atomic mass is 32.2. The third-order valence-electron chi connectivity index (χ3n) is 2.54. The van der Waals surface area contributed by atoms with Crippen molar-refractivity contribution in [3.63, 3.8) is 0 Å². The molecule has 0 fully saturated rings. The van der Waals surface area contributed by atoms with E-state index in [1.54, 1.807) is 24.3 Å². The van der Waals surface area contributed by atoms with E-state index >= 15 is 0 Å². The second-order valence-corrected chi connectivity index (χ2v) is 5.78. The summed E-state index contributed by atoms with van der Waals surface area (Å²) in [5.41, 5.74) is 5.32. The maximum Gasteiger partial charge on any atom is 0.240 e. The van der Waals surface area contributed by atoms with Crippen LogP contribution in [0.5, 0.6) is 5.75 Å². The Morgan fingerprint density at radius 2 is 1.95 bits per heavy atom. The molecule has 0 spiro atoms. The molecule has 0 aliphatic heterocycles. The third kappa shape index (κ3) is 3.83. The molecule has 0 unspecified atom stereocenters. The van der Waals surface area contributed by atoms with Crippen LogP contribution < -0.4 is 15.2 Å². The molecule has 2 rings (SSSR count). The van der Waals surface area contributed by atoms with Crippen LogP contribution in [0.15, 0.2) is 52.0 Å². The summed E-state index contributed by atoms with van der Waals surface area (Å²) in [6, 6.07) is 9.56. The number of sulfonamides is 1. The molecule has 0 atom stereocenters. The second kappa shape index (κ2) is 6.56. The number of ether oxygens (including phenoxy) is 1. The molecular formula is C13H16N2O4S. The molecule has 0 amide bonds. The van der Waals surface area contributed by atoms with E-state index in [2.05, 4.69) is 4.72 Å². The quantitative estimate of drug-likeness (QED) is 0.797. The molecule has 1 aromatic carbocycles. The summed E-state index contributed by atoms with van der Waals surface area (Å²) in [6.07, 6.45) is 1.49. The molecule has 0 aliphatic rings. The van der Waals surface area contributed by atoms with Crippen molar-refractivity contribution in [3.05, 3.63) is 48.4 Å². The number of hydrogen-bond acceptors (Lipinski definition) is 5. The van der Waals surface area contributed by atoms with Crippen LogP contribution in [0.3, 0.4) is 0 Å². The Hall–Kier alpha value is -1.83. The van der Waals surface area contributed by atoms with Crippen LogP contribution in [0.25, 0.3) is 0 Å². The summed E-state index contributed by atoms with van der Waals surface area (Å²) in [6.45, 7) is 0.911. The highest BCUT2D eigenvalue weighted by Crippen LogP contribution is 2.16. The van der Waals surface area contributed by atoms with E-state index in [4.69, 9.17) is 14.9 Å². The first-order chi connectivity index (χ1) is 9.62. The van der Waals surface area contributed by atoms with Crippen molar-refractivity contribution in [2.45, 2.75) is 11.4 Å². The second-order valence-electron chi connectivity index (χ2n) is 4.01.